The normalized spacial score (nSPS) is 10.7. The van der Waals surface area contributed by atoms with Gasteiger partial charge in [0, 0.05) is 0 Å². The lowest BCUT2D eigenvalue weighted by molar-refractivity contribution is 0.575. The van der Waals surface area contributed by atoms with Crippen molar-refractivity contribution in [2.75, 3.05) is 0 Å². The van der Waals surface area contributed by atoms with Crippen LogP contribution >= 0.6 is 0 Å². The van der Waals surface area contributed by atoms with Crippen LogP contribution < -0.4 is 0 Å². The van der Waals surface area contributed by atoms with Crippen molar-refractivity contribution >= 4 is 0 Å². The molecular formula is C17H27. The van der Waals surface area contributed by atoms with Gasteiger partial charge in [-0.15, -0.1) is 0 Å². The van der Waals surface area contributed by atoms with Crippen molar-refractivity contribution in [3.63, 3.8) is 0 Å². The Morgan fingerprint density at radius 3 is 2.24 bits per heavy atom. The number of benzene rings is 1. The molecule has 0 unspecified atom stereocenters. The molecule has 0 saturated heterocycles. The zero-order chi connectivity index (χ0) is 12.3. The minimum atomic E-state index is 1.23. The van der Waals surface area contributed by atoms with Gasteiger partial charge in [0.15, 0.2) is 0 Å². The van der Waals surface area contributed by atoms with Crippen LogP contribution in [0.3, 0.4) is 0 Å². The summed E-state index contributed by atoms with van der Waals surface area (Å²) in [5.74, 6) is 0. The quantitative estimate of drug-likeness (QED) is 0.494. The molecule has 0 heterocycles. The van der Waals surface area contributed by atoms with Crippen molar-refractivity contribution < 1.29 is 0 Å². The van der Waals surface area contributed by atoms with E-state index < -0.39 is 0 Å². The predicted octanol–water partition coefficient (Wildman–Crippen LogP) is 5.48. The van der Waals surface area contributed by atoms with Crippen LogP contribution in [0.1, 0.15) is 69.4 Å². The highest BCUT2D eigenvalue weighted by Crippen LogP contribution is 2.13. The van der Waals surface area contributed by atoms with Crippen LogP contribution in [0, 0.1) is 13.0 Å². The summed E-state index contributed by atoms with van der Waals surface area (Å²) >= 11 is 0. The van der Waals surface area contributed by atoms with Gasteiger partial charge in [0.2, 0.25) is 0 Å². The Morgan fingerprint density at radius 2 is 1.59 bits per heavy atom. The highest BCUT2D eigenvalue weighted by atomic mass is 14.0. The molecule has 17 heavy (non-hydrogen) atoms. The largest absolute Gasteiger partial charge is 0.0654 e. The fourth-order valence-corrected chi connectivity index (χ4v) is 2.28. The standard InChI is InChI=1S/C17H27/c1-3-4-5-6-7-8-9-10-14-17-15-12-11-13-16(17)2/h11-12,15H,3-10,14H2,1-2H3. The molecule has 0 heteroatoms. The zero-order valence-electron chi connectivity index (χ0n) is 11.6. The van der Waals surface area contributed by atoms with Gasteiger partial charge in [-0.05, 0) is 37.0 Å². The number of hydrogen-bond acceptors (Lipinski definition) is 0. The van der Waals surface area contributed by atoms with E-state index in [4.69, 9.17) is 0 Å². The van der Waals surface area contributed by atoms with E-state index in [2.05, 4.69) is 32.0 Å². The average Bonchev–Trinajstić information content (AvgIpc) is 2.35. The molecule has 0 bridgehead atoms. The lowest BCUT2D eigenvalue weighted by Gasteiger charge is -2.05. The Kier molecular flexibility index (Phi) is 7.79. The maximum atomic E-state index is 3.28. The van der Waals surface area contributed by atoms with Crippen molar-refractivity contribution in [2.24, 2.45) is 0 Å². The van der Waals surface area contributed by atoms with E-state index in [9.17, 15) is 0 Å². The topological polar surface area (TPSA) is 0 Å². The van der Waals surface area contributed by atoms with Gasteiger partial charge in [-0.1, -0.05) is 70.1 Å². The zero-order valence-corrected chi connectivity index (χ0v) is 11.6. The summed E-state index contributed by atoms with van der Waals surface area (Å²) in [5, 5.41) is 0. The molecule has 0 amide bonds. The summed E-state index contributed by atoms with van der Waals surface area (Å²) in [7, 11) is 0. The van der Waals surface area contributed by atoms with Crippen LogP contribution in [0.5, 0.6) is 0 Å². The molecule has 0 fully saturated rings. The number of hydrogen-bond donors (Lipinski definition) is 0. The summed E-state index contributed by atoms with van der Waals surface area (Å²) in [6, 6.07) is 9.63. The minimum absolute atomic E-state index is 1.23. The van der Waals surface area contributed by atoms with Gasteiger partial charge in [0.25, 0.3) is 0 Å². The monoisotopic (exact) mass is 231 g/mol. The number of unbranched alkanes of at least 4 members (excludes halogenated alkanes) is 7. The Balaban J connectivity index is 1.99. The Labute approximate surface area is 107 Å². The SMILES string of the molecule is CCCCCCCCCCc1ccc[c]c1C. The van der Waals surface area contributed by atoms with Gasteiger partial charge < -0.3 is 0 Å². The van der Waals surface area contributed by atoms with Crippen LogP contribution in [0.15, 0.2) is 18.2 Å². The highest BCUT2D eigenvalue weighted by molar-refractivity contribution is 5.24. The van der Waals surface area contributed by atoms with Crippen molar-refractivity contribution in [3.05, 3.63) is 35.4 Å². The molecule has 0 aromatic heterocycles. The van der Waals surface area contributed by atoms with Crippen LogP contribution in [-0.4, -0.2) is 0 Å². The lowest BCUT2D eigenvalue weighted by Crippen LogP contribution is -1.90. The predicted molar refractivity (Wildman–Crippen MR) is 76.3 cm³/mol. The van der Waals surface area contributed by atoms with Crippen LogP contribution in [0.4, 0.5) is 0 Å². The summed E-state index contributed by atoms with van der Waals surface area (Å²) in [4.78, 5) is 0. The summed E-state index contributed by atoms with van der Waals surface area (Å²) in [6.07, 6.45) is 12.4. The van der Waals surface area contributed by atoms with E-state index >= 15 is 0 Å². The summed E-state index contributed by atoms with van der Waals surface area (Å²) in [5.41, 5.74) is 2.81. The highest BCUT2D eigenvalue weighted by Gasteiger charge is 1.97. The molecule has 0 saturated carbocycles. The van der Waals surface area contributed by atoms with Gasteiger partial charge in [0.05, 0.1) is 0 Å². The molecular weight excluding hydrogens is 204 g/mol. The maximum absolute atomic E-state index is 3.28. The third-order valence-corrected chi connectivity index (χ3v) is 3.47. The average molecular weight is 231 g/mol. The van der Waals surface area contributed by atoms with Gasteiger partial charge in [-0.25, -0.2) is 0 Å². The molecule has 0 N–H and O–H groups in total. The smallest absolute Gasteiger partial charge is 0.0149 e. The van der Waals surface area contributed by atoms with Crippen LogP contribution in [0.25, 0.3) is 0 Å². The molecule has 0 atom stereocenters. The van der Waals surface area contributed by atoms with Crippen LogP contribution in [0.2, 0.25) is 0 Å². The van der Waals surface area contributed by atoms with Gasteiger partial charge >= 0.3 is 0 Å². The van der Waals surface area contributed by atoms with Gasteiger partial charge in [-0.2, -0.15) is 0 Å². The van der Waals surface area contributed by atoms with Crippen molar-refractivity contribution in [2.45, 2.75) is 71.6 Å². The molecule has 0 spiro atoms. The van der Waals surface area contributed by atoms with E-state index in [-0.39, 0.29) is 0 Å². The second-order valence-electron chi connectivity index (χ2n) is 5.05. The van der Waals surface area contributed by atoms with Gasteiger partial charge in [-0.3, -0.25) is 0 Å². The molecule has 1 aromatic carbocycles. The lowest BCUT2D eigenvalue weighted by atomic mass is 10.0. The number of aryl methyl sites for hydroxylation is 2. The number of rotatable bonds is 9. The van der Waals surface area contributed by atoms with E-state index in [1.165, 1.54) is 68.9 Å². The first-order valence-electron chi connectivity index (χ1n) is 7.30. The maximum Gasteiger partial charge on any atom is -0.0149 e. The summed E-state index contributed by atoms with van der Waals surface area (Å²) in [6.45, 7) is 4.44. The van der Waals surface area contributed by atoms with E-state index in [1.54, 1.807) is 0 Å². The second kappa shape index (κ2) is 9.27. The third-order valence-electron chi connectivity index (χ3n) is 3.47. The fraction of sp³-hybridized carbons (Fsp3) is 0.647. The van der Waals surface area contributed by atoms with Crippen molar-refractivity contribution in [3.8, 4) is 0 Å². The van der Waals surface area contributed by atoms with Gasteiger partial charge in [0.1, 0.15) is 0 Å². The molecule has 1 aromatic rings. The van der Waals surface area contributed by atoms with E-state index in [1.807, 2.05) is 6.07 Å². The third kappa shape index (κ3) is 6.51. The fourth-order valence-electron chi connectivity index (χ4n) is 2.28. The molecule has 0 aliphatic heterocycles. The molecule has 0 aliphatic rings. The van der Waals surface area contributed by atoms with E-state index in [0.717, 1.165) is 0 Å². The molecule has 1 rings (SSSR count). The molecule has 1 radical (unpaired) electrons. The summed E-state index contributed by atoms with van der Waals surface area (Å²) < 4.78 is 0. The second-order valence-corrected chi connectivity index (χ2v) is 5.05. The Morgan fingerprint density at radius 1 is 0.941 bits per heavy atom. The molecule has 0 aliphatic carbocycles. The van der Waals surface area contributed by atoms with Crippen molar-refractivity contribution in [1.29, 1.82) is 0 Å². The first kappa shape index (κ1) is 14.3. The first-order valence-corrected chi connectivity index (χ1v) is 7.30. The van der Waals surface area contributed by atoms with Crippen LogP contribution in [-0.2, 0) is 6.42 Å². The Bertz CT molecular complexity index is 288. The van der Waals surface area contributed by atoms with Crippen molar-refractivity contribution in [1.82, 2.24) is 0 Å². The molecule has 95 valence electrons. The molecule has 0 nitrogen and oxygen atoms in total. The minimum Gasteiger partial charge on any atom is -0.0654 e. The van der Waals surface area contributed by atoms with E-state index in [0.29, 0.717) is 0 Å². The first-order chi connectivity index (χ1) is 8.34. The Hall–Kier alpha value is -0.780.